The minimum atomic E-state index is -3.10. The molecular weight excluding hydrogens is 428 g/mol. The van der Waals surface area contributed by atoms with Crippen LogP contribution in [0.1, 0.15) is 21.5 Å². The van der Waals surface area contributed by atoms with Crippen LogP contribution in [0.4, 0.5) is 8.78 Å². The third-order valence-electron chi connectivity index (χ3n) is 3.97. The number of primary amides is 1. The summed E-state index contributed by atoms with van der Waals surface area (Å²) in [5.74, 6) is -1.86. The van der Waals surface area contributed by atoms with Crippen molar-refractivity contribution in [2.24, 2.45) is 5.73 Å². The van der Waals surface area contributed by atoms with Crippen LogP contribution in [0.5, 0.6) is 17.2 Å². The number of Topliss-reactive ketones (excluding diaryl/α,β-unsaturated/α-hetero) is 1. The van der Waals surface area contributed by atoms with Crippen molar-refractivity contribution in [3.63, 3.8) is 0 Å². The van der Waals surface area contributed by atoms with E-state index in [1.165, 1.54) is 37.5 Å². The highest BCUT2D eigenvalue weighted by Gasteiger charge is 2.17. The summed E-state index contributed by atoms with van der Waals surface area (Å²) < 4.78 is 44.7. The van der Waals surface area contributed by atoms with Gasteiger partial charge in [-0.2, -0.15) is 8.78 Å². The lowest BCUT2D eigenvalue weighted by atomic mass is 10.1. The standard InChI is InChI=1S/C22H21F2NO7/c1-13-3-6-17(32-22(23)24)15(9-13)16(26)11-31-21(28)8-5-14-4-7-18(19(10-14)29-2)30-12-20(25)27/h3-10,22H,11-12H2,1-2H3,(H2,25,27). The molecule has 2 N–H and O–H groups in total. The summed E-state index contributed by atoms with van der Waals surface area (Å²) in [6.45, 7) is -2.40. The third-order valence-corrected chi connectivity index (χ3v) is 3.97. The molecule has 0 aliphatic carbocycles. The Hall–Kier alpha value is -3.95. The predicted octanol–water partition coefficient (Wildman–Crippen LogP) is 2.91. The van der Waals surface area contributed by atoms with Gasteiger partial charge in [-0.3, -0.25) is 9.59 Å². The van der Waals surface area contributed by atoms with E-state index in [-0.39, 0.29) is 23.7 Å². The van der Waals surface area contributed by atoms with E-state index in [9.17, 15) is 23.2 Å². The van der Waals surface area contributed by atoms with E-state index in [2.05, 4.69) is 4.74 Å². The molecule has 8 nitrogen and oxygen atoms in total. The highest BCUT2D eigenvalue weighted by molar-refractivity contribution is 6.01. The van der Waals surface area contributed by atoms with E-state index in [1.807, 2.05) is 0 Å². The summed E-state index contributed by atoms with van der Waals surface area (Å²) in [5.41, 5.74) is 6.12. The number of nitrogens with two attached hydrogens (primary N) is 1. The molecule has 0 heterocycles. The lowest BCUT2D eigenvalue weighted by molar-refractivity contribution is -0.136. The van der Waals surface area contributed by atoms with Gasteiger partial charge in [-0.15, -0.1) is 0 Å². The van der Waals surface area contributed by atoms with Gasteiger partial charge < -0.3 is 24.7 Å². The van der Waals surface area contributed by atoms with E-state index >= 15 is 0 Å². The van der Waals surface area contributed by atoms with E-state index in [0.29, 0.717) is 16.9 Å². The van der Waals surface area contributed by atoms with Crippen LogP contribution in [0.25, 0.3) is 6.08 Å². The number of carbonyl (C=O) groups is 3. The Morgan fingerprint density at radius 2 is 1.75 bits per heavy atom. The second kappa shape index (κ2) is 11.4. The van der Waals surface area contributed by atoms with Crippen LogP contribution in [-0.2, 0) is 14.3 Å². The normalized spacial score (nSPS) is 10.8. The van der Waals surface area contributed by atoms with E-state index in [4.69, 9.17) is 19.9 Å². The number of halogens is 2. The summed E-state index contributed by atoms with van der Waals surface area (Å²) in [5, 5.41) is 0. The lowest BCUT2D eigenvalue weighted by Crippen LogP contribution is -2.20. The van der Waals surface area contributed by atoms with Crippen molar-refractivity contribution >= 4 is 23.7 Å². The van der Waals surface area contributed by atoms with E-state index in [0.717, 1.165) is 6.08 Å². The molecule has 1 amide bonds. The first-order valence-corrected chi connectivity index (χ1v) is 9.22. The van der Waals surface area contributed by atoms with Crippen molar-refractivity contribution in [3.05, 3.63) is 59.2 Å². The molecule has 10 heteroatoms. The van der Waals surface area contributed by atoms with E-state index in [1.54, 1.807) is 19.1 Å². The fraction of sp³-hybridized carbons (Fsp3) is 0.227. The van der Waals surface area contributed by atoms with Gasteiger partial charge in [0.15, 0.2) is 24.7 Å². The number of ketones is 1. The number of methoxy groups -OCH3 is 1. The molecule has 170 valence electrons. The smallest absolute Gasteiger partial charge is 0.387 e. The number of aryl methyl sites for hydroxylation is 1. The molecule has 32 heavy (non-hydrogen) atoms. The number of benzene rings is 2. The lowest BCUT2D eigenvalue weighted by Gasteiger charge is -2.11. The molecule has 0 atom stereocenters. The summed E-state index contributed by atoms with van der Waals surface area (Å²) in [6, 6.07) is 8.80. The van der Waals surface area contributed by atoms with Gasteiger partial charge in [0.25, 0.3) is 5.91 Å². The number of carbonyl (C=O) groups excluding carboxylic acids is 3. The van der Waals surface area contributed by atoms with Gasteiger partial charge >= 0.3 is 12.6 Å². The van der Waals surface area contributed by atoms with Crippen LogP contribution in [0.2, 0.25) is 0 Å². The van der Waals surface area contributed by atoms with Gasteiger partial charge in [-0.05, 0) is 42.8 Å². The van der Waals surface area contributed by atoms with Crippen molar-refractivity contribution in [1.82, 2.24) is 0 Å². The largest absolute Gasteiger partial charge is 0.493 e. The second-order valence-corrected chi connectivity index (χ2v) is 6.41. The van der Waals surface area contributed by atoms with Gasteiger partial charge in [-0.1, -0.05) is 17.7 Å². The molecule has 0 saturated carbocycles. The van der Waals surface area contributed by atoms with Gasteiger partial charge in [0, 0.05) is 6.08 Å². The minimum absolute atomic E-state index is 0.113. The SMILES string of the molecule is COc1cc(C=CC(=O)OCC(=O)c2cc(C)ccc2OC(F)F)ccc1OCC(N)=O. The second-order valence-electron chi connectivity index (χ2n) is 6.41. The monoisotopic (exact) mass is 449 g/mol. The number of hydrogen-bond acceptors (Lipinski definition) is 7. The molecule has 0 aromatic heterocycles. The number of rotatable bonds is 11. The molecule has 0 spiro atoms. The van der Waals surface area contributed by atoms with Crippen LogP contribution in [0.15, 0.2) is 42.5 Å². The van der Waals surface area contributed by atoms with Crippen LogP contribution in [0, 0.1) is 6.92 Å². The van der Waals surface area contributed by atoms with Crippen LogP contribution in [-0.4, -0.2) is 44.6 Å². The molecule has 2 aromatic rings. The van der Waals surface area contributed by atoms with Crippen LogP contribution < -0.4 is 19.9 Å². The zero-order valence-corrected chi connectivity index (χ0v) is 17.3. The number of alkyl halides is 2. The van der Waals surface area contributed by atoms with Crippen molar-refractivity contribution in [2.75, 3.05) is 20.3 Å². The van der Waals surface area contributed by atoms with Gasteiger partial charge in [-0.25, -0.2) is 4.79 Å². The van der Waals surface area contributed by atoms with Crippen molar-refractivity contribution in [2.45, 2.75) is 13.5 Å². The molecule has 2 rings (SSSR count). The molecular formula is C22H21F2NO7. The van der Waals surface area contributed by atoms with E-state index < -0.39 is 30.9 Å². The van der Waals surface area contributed by atoms with Gasteiger partial charge in [0.05, 0.1) is 12.7 Å². The molecule has 0 radical (unpaired) electrons. The number of hydrogen-bond donors (Lipinski definition) is 1. The fourth-order valence-corrected chi connectivity index (χ4v) is 2.54. The maximum absolute atomic E-state index is 12.5. The van der Waals surface area contributed by atoms with Gasteiger partial charge in [0.1, 0.15) is 5.75 Å². The number of ether oxygens (including phenoxy) is 4. The van der Waals surface area contributed by atoms with Crippen LogP contribution >= 0.6 is 0 Å². The average molecular weight is 449 g/mol. The van der Waals surface area contributed by atoms with Crippen molar-refractivity contribution in [3.8, 4) is 17.2 Å². The Morgan fingerprint density at radius 1 is 1.03 bits per heavy atom. The molecule has 0 aliphatic rings. The Labute approximate surface area is 182 Å². The molecule has 0 unspecified atom stereocenters. The highest BCUT2D eigenvalue weighted by Crippen LogP contribution is 2.28. The molecule has 0 bridgehead atoms. The summed E-state index contributed by atoms with van der Waals surface area (Å²) >= 11 is 0. The molecule has 0 aliphatic heterocycles. The zero-order chi connectivity index (χ0) is 23.7. The first-order valence-electron chi connectivity index (χ1n) is 9.22. The average Bonchev–Trinajstić information content (AvgIpc) is 2.75. The third kappa shape index (κ3) is 7.38. The first kappa shape index (κ1) is 24.3. The van der Waals surface area contributed by atoms with Crippen LogP contribution in [0.3, 0.4) is 0 Å². The Balaban J connectivity index is 2.00. The van der Waals surface area contributed by atoms with Crippen molar-refractivity contribution in [1.29, 1.82) is 0 Å². The maximum Gasteiger partial charge on any atom is 0.387 e. The Morgan fingerprint density at radius 3 is 2.41 bits per heavy atom. The maximum atomic E-state index is 12.5. The van der Waals surface area contributed by atoms with Gasteiger partial charge in [0.2, 0.25) is 5.78 Å². The Kier molecular flexibility index (Phi) is 8.70. The fourth-order valence-electron chi connectivity index (χ4n) is 2.54. The number of esters is 1. The van der Waals surface area contributed by atoms with Crippen molar-refractivity contribution < 1.29 is 42.1 Å². The Bertz CT molecular complexity index is 1020. The first-order chi connectivity index (χ1) is 15.2. The summed E-state index contributed by atoms with van der Waals surface area (Å²) in [7, 11) is 1.40. The topological polar surface area (TPSA) is 114 Å². The quantitative estimate of drug-likeness (QED) is 0.319. The zero-order valence-electron chi connectivity index (χ0n) is 17.3. The minimum Gasteiger partial charge on any atom is -0.493 e. The highest BCUT2D eigenvalue weighted by atomic mass is 19.3. The molecule has 2 aromatic carbocycles. The molecule has 0 fully saturated rings. The summed E-state index contributed by atoms with van der Waals surface area (Å²) in [4.78, 5) is 35.1. The molecule has 0 saturated heterocycles. The summed E-state index contributed by atoms with van der Waals surface area (Å²) in [6.07, 6.45) is 2.49. The predicted molar refractivity (Wildman–Crippen MR) is 110 cm³/mol. The number of amides is 1.